The quantitative estimate of drug-likeness (QED) is 0.449. The average Bonchev–Trinajstić information content (AvgIpc) is 2.73. The predicted molar refractivity (Wildman–Crippen MR) is 112 cm³/mol. The van der Waals surface area contributed by atoms with E-state index >= 15 is 0 Å². The van der Waals surface area contributed by atoms with Gasteiger partial charge in [-0.15, -0.1) is 0 Å². The number of hydrogen-bond donors (Lipinski definition) is 4. The van der Waals surface area contributed by atoms with Gasteiger partial charge in [0.25, 0.3) is 21.8 Å². The number of para-hydroxylation sites is 1. The van der Waals surface area contributed by atoms with Crippen molar-refractivity contribution in [2.24, 2.45) is 0 Å². The third-order valence-corrected chi connectivity index (χ3v) is 5.61. The predicted octanol–water partition coefficient (Wildman–Crippen LogP) is 2.92. The fourth-order valence-electron chi connectivity index (χ4n) is 2.44. The van der Waals surface area contributed by atoms with Crippen molar-refractivity contribution in [3.8, 4) is 5.75 Å². The first-order valence-electron chi connectivity index (χ1n) is 8.53. The van der Waals surface area contributed by atoms with Gasteiger partial charge in [-0.05, 0) is 60.7 Å². The summed E-state index contributed by atoms with van der Waals surface area (Å²) in [6.07, 6.45) is 0. The smallest absolute Gasteiger partial charge is 0.273 e. The van der Waals surface area contributed by atoms with Crippen LogP contribution in [0.15, 0.2) is 77.7 Å². The van der Waals surface area contributed by atoms with E-state index < -0.39 is 21.8 Å². The number of rotatable bonds is 5. The third kappa shape index (κ3) is 5.07. The maximum atomic E-state index is 12.4. The molecule has 0 aliphatic rings. The molecule has 2 amide bonds. The molecule has 3 aromatic rings. The van der Waals surface area contributed by atoms with E-state index in [0.29, 0.717) is 10.7 Å². The molecule has 0 atom stereocenters. The van der Waals surface area contributed by atoms with Crippen LogP contribution in [0.1, 0.15) is 20.7 Å². The number of amides is 2. The summed E-state index contributed by atoms with van der Waals surface area (Å²) in [4.78, 5) is 24.1. The lowest BCUT2D eigenvalue weighted by Crippen LogP contribution is -2.41. The summed E-state index contributed by atoms with van der Waals surface area (Å²) < 4.78 is 27.3. The number of sulfonamides is 1. The molecule has 30 heavy (non-hydrogen) atoms. The van der Waals surface area contributed by atoms with Crippen molar-refractivity contribution in [1.82, 2.24) is 10.9 Å². The lowest BCUT2D eigenvalue weighted by atomic mass is 10.2. The second-order valence-corrected chi connectivity index (χ2v) is 8.18. The molecule has 0 unspecified atom stereocenters. The summed E-state index contributed by atoms with van der Waals surface area (Å²) in [5.41, 5.74) is 4.84. The maximum Gasteiger partial charge on any atom is 0.273 e. The zero-order valence-corrected chi connectivity index (χ0v) is 16.9. The fourth-order valence-corrected chi connectivity index (χ4v) is 3.62. The maximum absolute atomic E-state index is 12.4. The van der Waals surface area contributed by atoms with Crippen molar-refractivity contribution < 1.29 is 23.1 Å². The second kappa shape index (κ2) is 8.85. The molecule has 3 aromatic carbocycles. The Hall–Kier alpha value is -3.56. The molecule has 10 heteroatoms. The van der Waals surface area contributed by atoms with E-state index in [1.807, 2.05) is 0 Å². The van der Waals surface area contributed by atoms with Gasteiger partial charge >= 0.3 is 0 Å². The number of carbonyl (C=O) groups excluding carboxylic acids is 2. The average molecular weight is 446 g/mol. The van der Waals surface area contributed by atoms with Gasteiger partial charge in [-0.3, -0.25) is 25.2 Å². The Morgan fingerprint density at radius 1 is 0.800 bits per heavy atom. The molecule has 154 valence electrons. The van der Waals surface area contributed by atoms with Crippen molar-refractivity contribution in [3.63, 3.8) is 0 Å². The van der Waals surface area contributed by atoms with Crippen LogP contribution in [-0.4, -0.2) is 25.3 Å². The van der Waals surface area contributed by atoms with Gasteiger partial charge in [-0.1, -0.05) is 23.7 Å². The van der Waals surface area contributed by atoms with Gasteiger partial charge in [0.2, 0.25) is 0 Å². The number of halogens is 1. The Kier molecular flexibility index (Phi) is 6.24. The molecule has 0 aliphatic carbocycles. The molecule has 0 radical (unpaired) electrons. The molecule has 0 heterocycles. The van der Waals surface area contributed by atoms with Gasteiger partial charge in [0.1, 0.15) is 5.75 Å². The minimum Gasteiger partial charge on any atom is -0.507 e. The van der Waals surface area contributed by atoms with Crippen molar-refractivity contribution in [2.75, 3.05) is 4.72 Å². The van der Waals surface area contributed by atoms with Gasteiger partial charge in [0, 0.05) is 16.3 Å². The largest absolute Gasteiger partial charge is 0.507 e. The standard InChI is InChI=1S/C20H16ClN3O5S/c21-14-7-9-15(10-8-14)24-30(28,29)16-11-5-13(6-12-16)19(26)22-23-20(27)17-3-1-2-4-18(17)25/h1-12,24-25H,(H,22,26)(H,23,27). The van der Waals surface area contributed by atoms with Crippen LogP contribution >= 0.6 is 11.6 Å². The number of phenolic OH excluding ortho intramolecular Hbond substituents is 1. The Bertz CT molecular complexity index is 1180. The van der Waals surface area contributed by atoms with E-state index in [0.717, 1.165) is 0 Å². The molecule has 0 fully saturated rings. The van der Waals surface area contributed by atoms with Crippen LogP contribution in [0.2, 0.25) is 5.02 Å². The van der Waals surface area contributed by atoms with Crippen LogP contribution in [-0.2, 0) is 10.0 Å². The Morgan fingerprint density at radius 3 is 2.03 bits per heavy atom. The van der Waals surface area contributed by atoms with E-state index in [-0.39, 0.29) is 21.8 Å². The van der Waals surface area contributed by atoms with Crippen LogP contribution in [0.5, 0.6) is 5.75 Å². The first-order chi connectivity index (χ1) is 14.3. The highest BCUT2D eigenvalue weighted by Crippen LogP contribution is 2.19. The zero-order chi connectivity index (χ0) is 21.7. The summed E-state index contributed by atoms with van der Waals surface area (Å²) in [5.74, 6) is -1.59. The molecule has 0 spiro atoms. The van der Waals surface area contributed by atoms with E-state index in [2.05, 4.69) is 15.6 Å². The number of hydrazine groups is 1. The lowest BCUT2D eigenvalue weighted by molar-refractivity contribution is 0.0845. The summed E-state index contributed by atoms with van der Waals surface area (Å²) in [7, 11) is -3.86. The number of hydrogen-bond acceptors (Lipinski definition) is 5. The summed E-state index contributed by atoms with van der Waals surface area (Å²) >= 11 is 5.78. The van der Waals surface area contributed by atoms with Crippen LogP contribution in [0.4, 0.5) is 5.69 Å². The minimum atomic E-state index is -3.86. The number of aromatic hydroxyl groups is 1. The molecule has 0 aromatic heterocycles. The van der Waals surface area contributed by atoms with Gasteiger partial charge in [-0.2, -0.15) is 0 Å². The van der Waals surface area contributed by atoms with Gasteiger partial charge in [-0.25, -0.2) is 8.42 Å². The van der Waals surface area contributed by atoms with E-state index in [1.54, 1.807) is 24.3 Å². The van der Waals surface area contributed by atoms with Crippen LogP contribution in [0, 0.1) is 0 Å². The molecule has 0 bridgehead atoms. The molecule has 0 saturated carbocycles. The van der Waals surface area contributed by atoms with Gasteiger partial charge < -0.3 is 5.11 Å². The first-order valence-corrected chi connectivity index (χ1v) is 10.4. The van der Waals surface area contributed by atoms with E-state index in [9.17, 15) is 23.1 Å². The van der Waals surface area contributed by atoms with Crippen molar-refractivity contribution in [2.45, 2.75) is 4.90 Å². The van der Waals surface area contributed by atoms with Crippen LogP contribution in [0.25, 0.3) is 0 Å². The zero-order valence-electron chi connectivity index (χ0n) is 15.3. The van der Waals surface area contributed by atoms with Crippen molar-refractivity contribution in [1.29, 1.82) is 0 Å². The Morgan fingerprint density at radius 2 is 1.40 bits per heavy atom. The molecule has 8 nitrogen and oxygen atoms in total. The molecule has 0 aliphatic heterocycles. The Labute approximate surface area is 177 Å². The molecular weight excluding hydrogens is 430 g/mol. The second-order valence-electron chi connectivity index (χ2n) is 6.06. The van der Waals surface area contributed by atoms with E-state index in [4.69, 9.17) is 11.6 Å². The van der Waals surface area contributed by atoms with Crippen LogP contribution in [0.3, 0.4) is 0 Å². The summed E-state index contributed by atoms with van der Waals surface area (Å²) in [6, 6.07) is 17.1. The fraction of sp³-hybridized carbons (Fsp3) is 0. The number of benzene rings is 3. The number of carbonyl (C=O) groups is 2. The molecule has 4 N–H and O–H groups in total. The first kappa shape index (κ1) is 21.2. The monoisotopic (exact) mass is 445 g/mol. The Balaban J connectivity index is 1.64. The number of nitrogens with one attached hydrogen (secondary N) is 3. The molecular formula is C20H16ClN3O5S. The number of phenols is 1. The van der Waals surface area contributed by atoms with Crippen molar-refractivity contribution >= 4 is 39.1 Å². The number of anilines is 1. The minimum absolute atomic E-state index is 0.00693. The SMILES string of the molecule is O=C(NNC(=O)c1ccccc1O)c1ccc(S(=O)(=O)Nc2ccc(Cl)cc2)cc1. The summed E-state index contributed by atoms with van der Waals surface area (Å²) in [5, 5.41) is 10.1. The van der Waals surface area contributed by atoms with Crippen molar-refractivity contribution in [3.05, 3.63) is 88.9 Å². The third-order valence-electron chi connectivity index (χ3n) is 3.96. The van der Waals surface area contributed by atoms with Crippen LogP contribution < -0.4 is 15.6 Å². The van der Waals surface area contributed by atoms with E-state index in [1.165, 1.54) is 48.5 Å². The molecule has 0 saturated heterocycles. The summed E-state index contributed by atoms with van der Waals surface area (Å²) in [6.45, 7) is 0. The molecule has 3 rings (SSSR count). The topological polar surface area (TPSA) is 125 Å². The lowest BCUT2D eigenvalue weighted by Gasteiger charge is -2.10. The highest BCUT2D eigenvalue weighted by atomic mass is 35.5. The van der Waals surface area contributed by atoms with Gasteiger partial charge in [0.15, 0.2) is 0 Å². The highest BCUT2D eigenvalue weighted by molar-refractivity contribution is 7.92. The normalized spacial score (nSPS) is 10.8. The highest BCUT2D eigenvalue weighted by Gasteiger charge is 2.16. The van der Waals surface area contributed by atoms with Gasteiger partial charge in [0.05, 0.1) is 10.5 Å².